The number of hydrogen-bond acceptors (Lipinski definition) is 6. The number of anilines is 1. The molecule has 0 radical (unpaired) electrons. The first-order valence-corrected chi connectivity index (χ1v) is 6.32. The Labute approximate surface area is 123 Å². The number of ether oxygens (including phenoxy) is 2. The molecule has 0 unspecified atom stereocenters. The highest BCUT2D eigenvalue weighted by Crippen LogP contribution is 2.35. The third kappa shape index (κ3) is 4.64. The highest BCUT2D eigenvalue weighted by Gasteiger charge is 2.20. The van der Waals surface area contributed by atoms with Gasteiger partial charge in [0.05, 0.1) is 19.3 Å². The fourth-order valence-electron chi connectivity index (χ4n) is 1.55. The van der Waals surface area contributed by atoms with E-state index in [2.05, 4.69) is 5.32 Å². The number of ketones is 1. The maximum absolute atomic E-state index is 11.7. The maximum Gasteiger partial charge on any atom is 0.412 e. The number of carbonyl (C=O) groups excluding carboxylic acids is 2. The van der Waals surface area contributed by atoms with Crippen LogP contribution in [-0.4, -0.2) is 36.2 Å². The number of benzene rings is 1. The van der Waals surface area contributed by atoms with Crippen molar-refractivity contribution in [2.24, 2.45) is 5.73 Å². The molecule has 0 saturated heterocycles. The molecule has 1 amide bonds. The lowest BCUT2D eigenvalue weighted by Crippen LogP contribution is -2.27. The van der Waals surface area contributed by atoms with Gasteiger partial charge in [0.25, 0.3) is 0 Å². The molecule has 1 aromatic carbocycles. The van der Waals surface area contributed by atoms with Gasteiger partial charge in [-0.1, -0.05) is 0 Å². The van der Waals surface area contributed by atoms with Gasteiger partial charge in [-0.25, -0.2) is 4.79 Å². The average molecular weight is 296 g/mol. The second-order valence-electron chi connectivity index (χ2n) is 5.33. The van der Waals surface area contributed by atoms with Crippen LogP contribution < -0.4 is 15.8 Å². The van der Waals surface area contributed by atoms with E-state index >= 15 is 0 Å². The first kappa shape index (κ1) is 16.8. The van der Waals surface area contributed by atoms with Gasteiger partial charge in [0.15, 0.2) is 17.3 Å². The Bertz CT molecular complexity index is 549. The monoisotopic (exact) mass is 296 g/mol. The predicted octanol–water partition coefficient (Wildman–Crippen LogP) is 1.89. The van der Waals surface area contributed by atoms with Gasteiger partial charge >= 0.3 is 6.09 Å². The Morgan fingerprint density at radius 2 is 1.95 bits per heavy atom. The van der Waals surface area contributed by atoms with Crippen LogP contribution in [0.25, 0.3) is 0 Å². The summed E-state index contributed by atoms with van der Waals surface area (Å²) in [6.07, 6.45) is -0.753. The molecule has 21 heavy (non-hydrogen) atoms. The quantitative estimate of drug-likeness (QED) is 0.578. The molecule has 0 atom stereocenters. The number of phenolic OH excluding ortho intramolecular Hbond substituents is 1. The van der Waals surface area contributed by atoms with E-state index in [1.807, 2.05) is 0 Å². The van der Waals surface area contributed by atoms with Crippen molar-refractivity contribution < 1.29 is 24.2 Å². The first-order valence-electron chi connectivity index (χ1n) is 6.32. The Balaban J connectivity index is 3.10. The fourth-order valence-corrected chi connectivity index (χ4v) is 1.55. The van der Waals surface area contributed by atoms with Gasteiger partial charge in [0, 0.05) is 5.56 Å². The number of rotatable bonds is 4. The minimum absolute atomic E-state index is 0.0143. The van der Waals surface area contributed by atoms with Crippen molar-refractivity contribution in [3.8, 4) is 11.5 Å². The molecule has 7 nitrogen and oxygen atoms in total. The minimum Gasteiger partial charge on any atom is -0.503 e. The van der Waals surface area contributed by atoms with Crippen molar-refractivity contribution in [3.63, 3.8) is 0 Å². The Kier molecular flexibility index (Phi) is 5.15. The third-order valence-corrected chi connectivity index (χ3v) is 2.44. The summed E-state index contributed by atoms with van der Waals surface area (Å²) in [5.41, 5.74) is 4.85. The third-order valence-electron chi connectivity index (χ3n) is 2.44. The zero-order valence-corrected chi connectivity index (χ0v) is 12.5. The van der Waals surface area contributed by atoms with Crippen LogP contribution in [0.5, 0.6) is 11.5 Å². The number of nitrogens with two attached hydrogens (primary N) is 1. The van der Waals surface area contributed by atoms with Crippen molar-refractivity contribution in [2.75, 3.05) is 19.0 Å². The summed E-state index contributed by atoms with van der Waals surface area (Å²) in [4.78, 5) is 23.4. The molecule has 0 aliphatic heterocycles. The highest BCUT2D eigenvalue weighted by atomic mass is 16.6. The van der Waals surface area contributed by atoms with Gasteiger partial charge < -0.3 is 20.3 Å². The average Bonchev–Trinajstić information content (AvgIpc) is 2.37. The van der Waals surface area contributed by atoms with Crippen LogP contribution in [0.2, 0.25) is 0 Å². The molecular formula is C14H20N2O5. The van der Waals surface area contributed by atoms with Crippen LogP contribution in [0.1, 0.15) is 31.1 Å². The van der Waals surface area contributed by atoms with E-state index in [1.54, 1.807) is 20.8 Å². The van der Waals surface area contributed by atoms with Crippen molar-refractivity contribution >= 4 is 17.6 Å². The van der Waals surface area contributed by atoms with Crippen molar-refractivity contribution in [1.29, 1.82) is 0 Å². The van der Waals surface area contributed by atoms with Crippen LogP contribution in [-0.2, 0) is 4.74 Å². The highest BCUT2D eigenvalue weighted by molar-refractivity contribution is 6.00. The molecule has 0 aliphatic carbocycles. The number of aromatic hydroxyl groups is 1. The van der Waals surface area contributed by atoms with E-state index in [-0.39, 0.29) is 35.1 Å². The molecule has 0 aliphatic rings. The van der Waals surface area contributed by atoms with Crippen LogP contribution in [0, 0.1) is 0 Å². The Morgan fingerprint density at radius 3 is 2.43 bits per heavy atom. The molecule has 1 rings (SSSR count). The normalized spacial score (nSPS) is 10.9. The maximum atomic E-state index is 11.7. The standard InChI is InChI=1S/C14H20N2O5/c1-14(2,3)21-13(19)16-9-5-8(10(17)7-15)6-11(20-4)12(9)18/h5-6,18H,7,15H2,1-4H3,(H,16,19). The molecule has 0 aromatic heterocycles. The first-order chi connectivity index (χ1) is 9.67. The molecule has 0 saturated carbocycles. The van der Waals surface area contributed by atoms with Gasteiger partial charge in [-0.3, -0.25) is 10.1 Å². The van der Waals surface area contributed by atoms with Crippen LogP contribution in [0.3, 0.4) is 0 Å². The fraction of sp³-hybridized carbons (Fsp3) is 0.429. The Hall–Kier alpha value is -2.28. The zero-order valence-electron chi connectivity index (χ0n) is 12.5. The lowest BCUT2D eigenvalue weighted by atomic mass is 10.1. The predicted molar refractivity (Wildman–Crippen MR) is 77.9 cm³/mol. The van der Waals surface area contributed by atoms with E-state index in [0.717, 1.165) is 0 Å². The van der Waals surface area contributed by atoms with Gasteiger partial charge in [0.2, 0.25) is 0 Å². The SMILES string of the molecule is COc1cc(C(=O)CN)cc(NC(=O)OC(C)(C)C)c1O. The molecule has 4 N–H and O–H groups in total. The van der Waals surface area contributed by atoms with Gasteiger partial charge in [0.1, 0.15) is 5.60 Å². The van der Waals surface area contributed by atoms with Crippen molar-refractivity contribution in [1.82, 2.24) is 0 Å². The molecule has 116 valence electrons. The summed E-state index contributed by atoms with van der Waals surface area (Å²) in [5, 5.41) is 12.4. The number of Topliss-reactive ketones (excluding diaryl/α,β-unsaturated/α-hetero) is 1. The minimum atomic E-state index is -0.753. The van der Waals surface area contributed by atoms with Crippen molar-refractivity contribution in [3.05, 3.63) is 17.7 Å². The van der Waals surface area contributed by atoms with E-state index in [1.165, 1.54) is 19.2 Å². The summed E-state index contributed by atoms with van der Waals surface area (Å²) < 4.78 is 10.1. The lowest BCUT2D eigenvalue weighted by molar-refractivity contribution is 0.0635. The Morgan fingerprint density at radius 1 is 1.33 bits per heavy atom. The zero-order chi connectivity index (χ0) is 16.2. The summed E-state index contributed by atoms with van der Waals surface area (Å²) in [6, 6.07) is 2.67. The van der Waals surface area contributed by atoms with Gasteiger partial charge in [-0.2, -0.15) is 0 Å². The number of amides is 1. The number of hydrogen-bond donors (Lipinski definition) is 3. The van der Waals surface area contributed by atoms with Gasteiger partial charge in [-0.15, -0.1) is 0 Å². The second kappa shape index (κ2) is 6.45. The molecule has 0 bridgehead atoms. The van der Waals surface area contributed by atoms with Crippen LogP contribution in [0.4, 0.5) is 10.5 Å². The van der Waals surface area contributed by atoms with E-state index in [0.29, 0.717) is 0 Å². The van der Waals surface area contributed by atoms with E-state index < -0.39 is 11.7 Å². The number of carbonyl (C=O) groups is 2. The largest absolute Gasteiger partial charge is 0.503 e. The summed E-state index contributed by atoms with van der Waals surface area (Å²) in [7, 11) is 1.34. The number of methoxy groups -OCH3 is 1. The number of nitrogens with one attached hydrogen (secondary N) is 1. The molecule has 0 fully saturated rings. The molecule has 7 heteroatoms. The summed E-state index contributed by atoms with van der Waals surface area (Å²) in [6.45, 7) is 4.93. The summed E-state index contributed by atoms with van der Waals surface area (Å²) in [5.74, 6) is -0.585. The molecule has 0 heterocycles. The topological polar surface area (TPSA) is 111 Å². The van der Waals surface area contributed by atoms with E-state index in [4.69, 9.17) is 15.2 Å². The molecule has 0 spiro atoms. The molecule has 1 aromatic rings. The number of phenols is 1. The summed E-state index contributed by atoms with van der Waals surface area (Å²) >= 11 is 0. The second-order valence-corrected chi connectivity index (χ2v) is 5.33. The van der Waals surface area contributed by atoms with E-state index in [9.17, 15) is 14.7 Å². The lowest BCUT2D eigenvalue weighted by Gasteiger charge is -2.20. The van der Waals surface area contributed by atoms with Gasteiger partial charge in [-0.05, 0) is 32.9 Å². The molecular weight excluding hydrogens is 276 g/mol. The smallest absolute Gasteiger partial charge is 0.412 e. The van der Waals surface area contributed by atoms with Crippen LogP contribution in [0.15, 0.2) is 12.1 Å². The van der Waals surface area contributed by atoms with Crippen LogP contribution >= 0.6 is 0 Å². The van der Waals surface area contributed by atoms with Crippen molar-refractivity contribution in [2.45, 2.75) is 26.4 Å².